The lowest BCUT2D eigenvalue weighted by atomic mass is 9.97. The first kappa shape index (κ1) is 21.5. The Hall–Kier alpha value is -3.78. The molecule has 1 unspecified atom stereocenters. The summed E-state index contributed by atoms with van der Waals surface area (Å²) < 4.78 is 15.9. The number of carbonyl (C=O) groups excluding carboxylic acids is 2. The number of aromatic nitrogens is 1. The molecule has 1 aliphatic heterocycles. The number of methoxy groups -OCH3 is 2. The van der Waals surface area contributed by atoms with Crippen LogP contribution in [-0.2, 0) is 16.1 Å². The fourth-order valence-corrected chi connectivity index (χ4v) is 3.89. The molecule has 9 heteroatoms. The molecule has 1 saturated heterocycles. The normalized spacial score (nSPS) is 17.6. The monoisotopic (exact) mass is 454 g/mol. The van der Waals surface area contributed by atoms with Gasteiger partial charge in [0.1, 0.15) is 29.1 Å². The van der Waals surface area contributed by atoms with Crippen molar-refractivity contribution in [3.8, 4) is 11.5 Å². The number of hydrogen-bond acceptors (Lipinski definition) is 7. The van der Waals surface area contributed by atoms with Crippen molar-refractivity contribution in [3.63, 3.8) is 0 Å². The molecule has 0 spiro atoms. The quantitative estimate of drug-likeness (QED) is 0.341. The molecule has 1 amide bonds. The Bertz CT molecular complexity index is 1190. The molecule has 3 heterocycles. The highest BCUT2D eigenvalue weighted by Gasteiger charge is 2.47. The van der Waals surface area contributed by atoms with E-state index in [1.165, 1.54) is 37.5 Å². The number of carbonyl (C=O) groups is 2. The van der Waals surface area contributed by atoms with Gasteiger partial charge in [0.05, 0.1) is 48.9 Å². The number of likely N-dealkylation sites (tertiary alicyclic amines) is 1. The zero-order chi connectivity index (χ0) is 22.8. The van der Waals surface area contributed by atoms with Crippen LogP contribution in [0.1, 0.15) is 23.1 Å². The first-order valence-corrected chi connectivity index (χ1v) is 9.97. The maximum atomic E-state index is 13.1. The SMILES string of the molecule is COc1cc(OC)c(/C(O)=C2\C(=O)C(=O)N(Cc3ccco3)C2c2ccccn2)cc1Cl. The van der Waals surface area contributed by atoms with Crippen LogP contribution in [0.3, 0.4) is 0 Å². The fourth-order valence-electron chi connectivity index (χ4n) is 3.65. The standard InChI is InChI=1S/C23H19ClN2O6/c1-30-17-11-18(31-2)15(24)10-14(17)21(27)19-20(16-7-3-4-8-25-16)26(23(29)22(19)28)12-13-6-5-9-32-13/h3-11,20,27H,12H2,1-2H3/b21-19+. The van der Waals surface area contributed by atoms with Crippen LogP contribution in [0.5, 0.6) is 11.5 Å². The molecule has 1 atom stereocenters. The van der Waals surface area contributed by atoms with E-state index in [4.69, 9.17) is 25.5 Å². The molecule has 0 bridgehead atoms. The number of pyridine rings is 1. The van der Waals surface area contributed by atoms with Gasteiger partial charge < -0.3 is 23.9 Å². The molecule has 0 aliphatic carbocycles. The number of Topliss-reactive ketones (excluding diaryl/α,β-unsaturated/α-hetero) is 1. The van der Waals surface area contributed by atoms with Crippen molar-refractivity contribution in [1.29, 1.82) is 0 Å². The van der Waals surface area contributed by atoms with E-state index in [9.17, 15) is 14.7 Å². The Balaban J connectivity index is 1.91. The minimum absolute atomic E-state index is 0.0239. The molecule has 1 fully saturated rings. The van der Waals surface area contributed by atoms with Gasteiger partial charge >= 0.3 is 0 Å². The average molecular weight is 455 g/mol. The third-order valence-electron chi connectivity index (χ3n) is 5.14. The van der Waals surface area contributed by atoms with Gasteiger partial charge in [-0.15, -0.1) is 0 Å². The summed E-state index contributed by atoms with van der Waals surface area (Å²) in [7, 11) is 2.85. The predicted octanol–water partition coefficient (Wildman–Crippen LogP) is 3.97. The van der Waals surface area contributed by atoms with Crippen LogP contribution in [0.2, 0.25) is 5.02 Å². The number of halogens is 1. The summed E-state index contributed by atoms with van der Waals surface area (Å²) in [4.78, 5) is 31.7. The number of amides is 1. The second kappa shape index (κ2) is 8.76. The summed E-state index contributed by atoms with van der Waals surface area (Å²) in [5, 5.41) is 11.4. The van der Waals surface area contributed by atoms with Crippen LogP contribution in [-0.4, -0.2) is 40.9 Å². The number of nitrogens with zero attached hydrogens (tertiary/aromatic N) is 2. The number of hydrogen-bond donors (Lipinski definition) is 1. The van der Waals surface area contributed by atoms with E-state index >= 15 is 0 Å². The van der Waals surface area contributed by atoms with E-state index in [-0.39, 0.29) is 28.5 Å². The van der Waals surface area contributed by atoms with E-state index in [0.29, 0.717) is 17.2 Å². The summed E-state index contributed by atoms with van der Waals surface area (Å²) in [6, 6.07) is 10.5. The fraction of sp³-hybridized carbons (Fsp3) is 0.174. The number of ether oxygens (including phenoxy) is 2. The molecular formula is C23H19ClN2O6. The highest BCUT2D eigenvalue weighted by molar-refractivity contribution is 6.46. The Kier molecular flexibility index (Phi) is 5.87. The molecule has 0 radical (unpaired) electrons. The summed E-state index contributed by atoms with van der Waals surface area (Å²) >= 11 is 6.25. The molecule has 1 N–H and O–H groups in total. The number of benzene rings is 1. The maximum absolute atomic E-state index is 13.1. The smallest absolute Gasteiger partial charge is 0.296 e. The number of ketones is 1. The number of aliphatic hydroxyl groups is 1. The Morgan fingerprint density at radius 2 is 1.94 bits per heavy atom. The first-order valence-electron chi connectivity index (χ1n) is 9.59. The molecule has 32 heavy (non-hydrogen) atoms. The molecule has 1 aliphatic rings. The summed E-state index contributed by atoms with van der Waals surface area (Å²) in [5.74, 6) is -1.02. The zero-order valence-corrected chi connectivity index (χ0v) is 18.0. The third kappa shape index (κ3) is 3.69. The van der Waals surface area contributed by atoms with Gasteiger partial charge in [0.2, 0.25) is 0 Å². The lowest BCUT2D eigenvalue weighted by molar-refractivity contribution is -0.140. The van der Waals surface area contributed by atoms with Crippen LogP contribution in [0, 0.1) is 0 Å². The van der Waals surface area contributed by atoms with E-state index in [1.807, 2.05) is 0 Å². The van der Waals surface area contributed by atoms with Crippen molar-refractivity contribution in [2.24, 2.45) is 0 Å². The first-order chi connectivity index (χ1) is 15.5. The summed E-state index contributed by atoms with van der Waals surface area (Å²) in [6.45, 7) is 0.0239. The largest absolute Gasteiger partial charge is 0.507 e. The zero-order valence-electron chi connectivity index (χ0n) is 17.2. The average Bonchev–Trinajstić information content (AvgIpc) is 3.41. The molecule has 2 aromatic heterocycles. The molecule has 1 aromatic carbocycles. The van der Waals surface area contributed by atoms with Gasteiger partial charge in [-0.25, -0.2) is 0 Å². The van der Waals surface area contributed by atoms with E-state index in [1.54, 1.807) is 36.5 Å². The summed E-state index contributed by atoms with van der Waals surface area (Å²) in [5.41, 5.74) is 0.438. The van der Waals surface area contributed by atoms with E-state index in [2.05, 4.69) is 4.98 Å². The molecule has 8 nitrogen and oxygen atoms in total. The molecule has 164 valence electrons. The Labute approximate surface area is 188 Å². The van der Waals surface area contributed by atoms with Crippen LogP contribution >= 0.6 is 11.6 Å². The second-order valence-electron chi connectivity index (χ2n) is 6.95. The lowest BCUT2D eigenvalue weighted by Gasteiger charge is -2.23. The van der Waals surface area contributed by atoms with Crippen LogP contribution in [0.4, 0.5) is 0 Å². The Morgan fingerprint density at radius 1 is 1.16 bits per heavy atom. The number of rotatable bonds is 6. The van der Waals surface area contributed by atoms with Gasteiger partial charge in [-0.05, 0) is 30.3 Å². The van der Waals surface area contributed by atoms with Crippen LogP contribution in [0.25, 0.3) is 5.76 Å². The predicted molar refractivity (Wildman–Crippen MR) is 115 cm³/mol. The van der Waals surface area contributed by atoms with Crippen molar-refractivity contribution in [2.75, 3.05) is 14.2 Å². The van der Waals surface area contributed by atoms with Gasteiger partial charge in [0, 0.05) is 12.3 Å². The van der Waals surface area contributed by atoms with Crippen molar-refractivity contribution in [1.82, 2.24) is 9.88 Å². The van der Waals surface area contributed by atoms with Crippen molar-refractivity contribution >= 4 is 29.1 Å². The van der Waals surface area contributed by atoms with Gasteiger partial charge in [-0.3, -0.25) is 14.6 Å². The number of furan rings is 1. The van der Waals surface area contributed by atoms with Crippen molar-refractivity contribution in [3.05, 3.63) is 82.5 Å². The molecule has 0 saturated carbocycles. The van der Waals surface area contributed by atoms with Gasteiger partial charge in [-0.2, -0.15) is 0 Å². The second-order valence-corrected chi connectivity index (χ2v) is 7.36. The lowest BCUT2D eigenvalue weighted by Crippen LogP contribution is -2.29. The van der Waals surface area contributed by atoms with Crippen LogP contribution < -0.4 is 9.47 Å². The highest BCUT2D eigenvalue weighted by atomic mass is 35.5. The van der Waals surface area contributed by atoms with E-state index in [0.717, 1.165) is 0 Å². The minimum Gasteiger partial charge on any atom is -0.507 e. The van der Waals surface area contributed by atoms with Crippen LogP contribution in [0.15, 0.2) is 64.9 Å². The molecule has 3 aromatic rings. The maximum Gasteiger partial charge on any atom is 0.296 e. The minimum atomic E-state index is -0.938. The van der Waals surface area contributed by atoms with Gasteiger partial charge in [0.15, 0.2) is 0 Å². The van der Waals surface area contributed by atoms with Gasteiger partial charge in [0.25, 0.3) is 11.7 Å². The third-order valence-corrected chi connectivity index (χ3v) is 5.44. The highest BCUT2D eigenvalue weighted by Crippen LogP contribution is 2.43. The number of aliphatic hydroxyl groups excluding tert-OH is 1. The van der Waals surface area contributed by atoms with Gasteiger partial charge in [-0.1, -0.05) is 17.7 Å². The molecular weight excluding hydrogens is 436 g/mol. The summed E-state index contributed by atoms with van der Waals surface area (Å²) in [6.07, 6.45) is 3.03. The van der Waals surface area contributed by atoms with Crippen molar-refractivity contribution < 1.29 is 28.6 Å². The Morgan fingerprint density at radius 3 is 2.56 bits per heavy atom. The molecule has 4 rings (SSSR count). The van der Waals surface area contributed by atoms with Crippen molar-refractivity contribution in [2.45, 2.75) is 12.6 Å². The topological polar surface area (TPSA) is 102 Å². The van der Waals surface area contributed by atoms with E-state index < -0.39 is 23.5 Å².